The second-order valence-electron chi connectivity index (χ2n) is 6.75. The minimum Gasteiger partial charge on any atom is -0.391 e. The molecule has 2 rings (SSSR count). The van der Waals surface area contributed by atoms with E-state index in [1.807, 2.05) is 6.07 Å². The zero-order valence-electron chi connectivity index (χ0n) is 14.2. The Balaban J connectivity index is 0.00000312. The maximum Gasteiger partial charge on any atom is 0.203 e. The highest BCUT2D eigenvalue weighted by Gasteiger charge is 2.27. The molecule has 1 fully saturated rings. The fraction of sp³-hybridized carbons (Fsp3) is 0.647. The molecular formula is C17H27Cl3NO3P. The largest absolute Gasteiger partial charge is 0.391 e. The maximum atomic E-state index is 12.3. The summed E-state index contributed by atoms with van der Waals surface area (Å²) in [6.45, 7) is 0.793. The van der Waals surface area contributed by atoms with Gasteiger partial charge in [-0.1, -0.05) is 48.5 Å². The van der Waals surface area contributed by atoms with E-state index in [0.717, 1.165) is 31.2 Å². The first-order valence-corrected chi connectivity index (χ1v) is 11.3. The van der Waals surface area contributed by atoms with Gasteiger partial charge in [-0.05, 0) is 36.5 Å². The molecule has 1 aromatic rings. The van der Waals surface area contributed by atoms with Gasteiger partial charge in [-0.3, -0.25) is 4.57 Å². The predicted octanol–water partition coefficient (Wildman–Crippen LogP) is 4.72. The lowest BCUT2D eigenvalue weighted by atomic mass is 9.91. The molecule has 0 saturated heterocycles. The van der Waals surface area contributed by atoms with E-state index in [2.05, 4.69) is 5.32 Å². The highest BCUT2D eigenvalue weighted by molar-refractivity contribution is 7.58. The Morgan fingerprint density at radius 3 is 2.52 bits per heavy atom. The quantitative estimate of drug-likeness (QED) is 0.522. The molecule has 1 aromatic carbocycles. The number of rotatable bonds is 8. The molecule has 144 valence electrons. The first kappa shape index (κ1) is 23.2. The normalized spacial score (nSPS) is 19.0. The summed E-state index contributed by atoms with van der Waals surface area (Å²) in [5.74, 6) is 0.339. The van der Waals surface area contributed by atoms with Crippen molar-refractivity contribution in [2.75, 3.05) is 18.9 Å². The van der Waals surface area contributed by atoms with Crippen molar-refractivity contribution in [3.8, 4) is 0 Å². The number of aliphatic hydroxyl groups excluding tert-OH is 1. The van der Waals surface area contributed by atoms with Gasteiger partial charge in [0, 0.05) is 19.3 Å². The van der Waals surface area contributed by atoms with Gasteiger partial charge in [0.2, 0.25) is 7.37 Å². The number of benzene rings is 1. The molecule has 25 heavy (non-hydrogen) atoms. The van der Waals surface area contributed by atoms with Gasteiger partial charge >= 0.3 is 0 Å². The molecule has 0 aliphatic heterocycles. The average Bonchev–Trinajstić information content (AvgIpc) is 2.50. The van der Waals surface area contributed by atoms with Gasteiger partial charge in [0.05, 0.1) is 22.3 Å². The van der Waals surface area contributed by atoms with Crippen LogP contribution in [-0.2, 0) is 11.1 Å². The van der Waals surface area contributed by atoms with Gasteiger partial charge in [0.1, 0.15) is 0 Å². The summed E-state index contributed by atoms with van der Waals surface area (Å²) >= 11 is 11.8. The SMILES string of the molecule is Cl.O=P(O)(CC1CCCCC1)C[C@@H](O)CNCc1ccc(Cl)c(Cl)c1. The van der Waals surface area contributed by atoms with Crippen molar-refractivity contribution < 1.29 is 14.6 Å². The van der Waals surface area contributed by atoms with Crippen LogP contribution in [0.3, 0.4) is 0 Å². The second kappa shape index (κ2) is 11.1. The van der Waals surface area contributed by atoms with Crippen LogP contribution in [0.1, 0.15) is 37.7 Å². The Morgan fingerprint density at radius 2 is 1.88 bits per heavy atom. The molecule has 0 radical (unpaired) electrons. The third-order valence-electron chi connectivity index (χ3n) is 4.46. The van der Waals surface area contributed by atoms with Crippen molar-refractivity contribution in [3.63, 3.8) is 0 Å². The fourth-order valence-corrected chi connectivity index (χ4v) is 5.70. The molecule has 3 N–H and O–H groups in total. The Labute approximate surface area is 166 Å². The molecule has 4 nitrogen and oxygen atoms in total. The molecule has 0 spiro atoms. The standard InChI is InChI=1S/C17H26Cl2NO3P.ClH/c18-16-7-6-14(8-17(16)19)9-20-10-15(21)12-24(22,23)11-13-4-2-1-3-5-13;/h6-8,13,15,20-21H,1-5,9-12H2,(H,22,23);1H/t15-;/m0./s1. The van der Waals surface area contributed by atoms with Crippen LogP contribution in [0.15, 0.2) is 18.2 Å². The Morgan fingerprint density at radius 1 is 1.20 bits per heavy atom. The molecule has 0 aromatic heterocycles. The van der Waals surface area contributed by atoms with Gasteiger partial charge in [-0.2, -0.15) is 0 Å². The minimum absolute atomic E-state index is 0. The summed E-state index contributed by atoms with van der Waals surface area (Å²) in [4.78, 5) is 10.2. The lowest BCUT2D eigenvalue weighted by Gasteiger charge is -2.25. The van der Waals surface area contributed by atoms with Crippen molar-refractivity contribution in [2.24, 2.45) is 5.92 Å². The van der Waals surface area contributed by atoms with Crippen molar-refractivity contribution in [1.82, 2.24) is 5.32 Å². The predicted molar refractivity (Wildman–Crippen MR) is 108 cm³/mol. The zero-order chi connectivity index (χ0) is 17.6. The van der Waals surface area contributed by atoms with Crippen LogP contribution in [0.2, 0.25) is 10.0 Å². The van der Waals surface area contributed by atoms with Gasteiger partial charge in [0.25, 0.3) is 0 Å². The first-order chi connectivity index (χ1) is 11.4. The maximum absolute atomic E-state index is 12.3. The third kappa shape index (κ3) is 8.62. The number of hydrogen-bond acceptors (Lipinski definition) is 3. The smallest absolute Gasteiger partial charge is 0.203 e. The Kier molecular flexibility index (Phi) is 10.4. The molecule has 1 aliphatic carbocycles. The summed E-state index contributed by atoms with van der Waals surface area (Å²) in [6.07, 6.45) is 5.08. The highest BCUT2D eigenvalue weighted by Crippen LogP contribution is 2.45. The Bertz CT molecular complexity index is 582. The van der Waals surface area contributed by atoms with Crippen molar-refractivity contribution in [2.45, 2.75) is 44.8 Å². The van der Waals surface area contributed by atoms with E-state index in [1.165, 1.54) is 6.42 Å². The third-order valence-corrected chi connectivity index (χ3v) is 7.28. The summed E-state index contributed by atoms with van der Waals surface area (Å²) in [7, 11) is -3.27. The lowest BCUT2D eigenvalue weighted by molar-refractivity contribution is 0.189. The average molecular weight is 431 g/mol. The van der Waals surface area contributed by atoms with E-state index < -0.39 is 13.5 Å². The fourth-order valence-electron chi connectivity index (χ4n) is 3.27. The summed E-state index contributed by atoms with van der Waals surface area (Å²) < 4.78 is 12.3. The Hall–Kier alpha value is 0.200. The lowest BCUT2D eigenvalue weighted by Crippen LogP contribution is -2.30. The van der Waals surface area contributed by atoms with E-state index in [1.54, 1.807) is 12.1 Å². The van der Waals surface area contributed by atoms with Crippen LogP contribution < -0.4 is 5.32 Å². The number of nitrogens with one attached hydrogen (secondary N) is 1. The van der Waals surface area contributed by atoms with Crippen LogP contribution in [-0.4, -0.2) is 35.0 Å². The summed E-state index contributed by atoms with van der Waals surface area (Å²) in [6, 6.07) is 5.35. The van der Waals surface area contributed by atoms with Gasteiger partial charge in [-0.15, -0.1) is 12.4 Å². The molecule has 0 heterocycles. The molecule has 1 unspecified atom stereocenters. The summed E-state index contributed by atoms with van der Waals surface area (Å²) in [5.41, 5.74) is 0.950. The van der Waals surface area contributed by atoms with E-state index in [-0.39, 0.29) is 25.1 Å². The molecule has 0 amide bonds. The molecule has 1 aliphatic rings. The number of hydrogen-bond donors (Lipinski definition) is 3. The second-order valence-corrected chi connectivity index (χ2v) is 9.99. The van der Waals surface area contributed by atoms with E-state index >= 15 is 0 Å². The van der Waals surface area contributed by atoms with Crippen LogP contribution in [0.4, 0.5) is 0 Å². The number of aliphatic hydroxyl groups is 1. The van der Waals surface area contributed by atoms with E-state index in [0.29, 0.717) is 28.7 Å². The van der Waals surface area contributed by atoms with Crippen LogP contribution in [0.5, 0.6) is 0 Å². The van der Waals surface area contributed by atoms with E-state index in [4.69, 9.17) is 23.2 Å². The van der Waals surface area contributed by atoms with Gasteiger partial charge in [0.15, 0.2) is 0 Å². The van der Waals surface area contributed by atoms with Gasteiger partial charge in [-0.25, -0.2) is 0 Å². The van der Waals surface area contributed by atoms with Gasteiger partial charge < -0.3 is 15.3 Å². The topological polar surface area (TPSA) is 69.6 Å². The number of halogens is 3. The molecule has 0 bridgehead atoms. The molecule has 1 saturated carbocycles. The highest BCUT2D eigenvalue weighted by atomic mass is 35.5. The van der Waals surface area contributed by atoms with Crippen LogP contribution in [0, 0.1) is 5.92 Å². The summed E-state index contributed by atoms with van der Waals surface area (Å²) in [5, 5.41) is 14.1. The first-order valence-electron chi connectivity index (χ1n) is 8.49. The van der Waals surface area contributed by atoms with Crippen LogP contribution in [0.25, 0.3) is 0 Å². The molecule has 8 heteroatoms. The van der Waals surface area contributed by atoms with Crippen molar-refractivity contribution >= 4 is 43.0 Å². The molecule has 2 atom stereocenters. The molecular weight excluding hydrogens is 404 g/mol. The monoisotopic (exact) mass is 429 g/mol. The minimum atomic E-state index is -3.27. The zero-order valence-corrected chi connectivity index (χ0v) is 17.4. The van der Waals surface area contributed by atoms with E-state index in [9.17, 15) is 14.6 Å². The van der Waals surface area contributed by atoms with Crippen molar-refractivity contribution in [1.29, 1.82) is 0 Å². The van der Waals surface area contributed by atoms with Crippen molar-refractivity contribution in [3.05, 3.63) is 33.8 Å². The van der Waals surface area contributed by atoms with Crippen LogP contribution >= 0.6 is 43.0 Å².